The van der Waals surface area contributed by atoms with Crippen molar-refractivity contribution in [2.24, 2.45) is 5.92 Å². The Labute approximate surface area is 111 Å². The summed E-state index contributed by atoms with van der Waals surface area (Å²) in [5.74, 6) is 0.463. The minimum atomic E-state index is -0.388. The minimum absolute atomic E-state index is 0.00339. The predicted octanol–water partition coefficient (Wildman–Crippen LogP) is 3.23. The monoisotopic (exact) mass is 262 g/mol. The van der Waals surface area contributed by atoms with Gasteiger partial charge in [-0.3, -0.25) is 0 Å². The van der Waals surface area contributed by atoms with Gasteiger partial charge < -0.3 is 9.84 Å². The van der Waals surface area contributed by atoms with Crippen molar-refractivity contribution in [3.05, 3.63) is 35.2 Å². The van der Waals surface area contributed by atoms with Gasteiger partial charge in [0.2, 0.25) is 0 Å². The third-order valence-corrected chi connectivity index (χ3v) is 4.83. The molecule has 2 aromatic rings. The van der Waals surface area contributed by atoms with E-state index in [1.807, 2.05) is 0 Å². The maximum absolute atomic E-state index is 10.3. The molecule has 96 valence electrons. The summed E-state index contributed by atoms with van der Waals surface area (Å²) < 4.78 is 6.93. The van der Waals surface area contributed by atoms with Gasteiger partial charge in [0, 0.05) is 17.7 Å². The molecule has 1 aliphatic heterocycles. The second-order valence-electron chi connectivity index (χ2n) is 5.13. The first-order chi connectivity index (χ1) is 8.75. The van der Waals surface area contributed by atoms with E-state index in [-0.39, 0.29) is 12.2 Å². The van der Waals surface area contributed by atoms with Gasteiger partial charge in [0.15, 0.2) is 0 Å². The van der Waals surface area contributed by atoms with E-state index in [1.54, 1.807) is 11.3 Å². The van der Waals surface area contributed by atoms with Crippen LogP contribution in [0.15, 0.2) is 29.6 Å². The summed E-state index contributed by atoms with van der Waals surface area (Å²) in [7, 11) is 0. The third kappa shape index (κ3) is 2.18. The van der Waals surface area contributed by atoms with Crippen molar-refractivity contribution in [2.75, 3.05) is 6.61 Å². The fourth-order valence-corrected chi connectivity index (χ4v) is 3.72. The molecule has 2 heterocycles. The van der Waals surface area contributed by atoms with Gasteiger partial charge in [-0.1, -0.05) is 25.1 Å². The summed E-state index contributed by atoms with van der Waals surface area (Å²) in [5, 5.41) is 13.8. The van der Waals surface area contributed by atoms with Crippen LogP contribution in [0.5, 0.6) is 0 Å². The largest absolute Gasteiger partial charge is 0.390 e. The van der Waals surface area contributed by atoms with Crippen LogP contribution in [0.25, 0.3) is 10.1 Å². The molecule has 0 spiro atoms. The summed E-state index contributed by atoms with van der Waals surface area (Å²) in [6.07, 6.45) is 1.37. The highest BCUT2D eigenvalue weighted by atomic mass is 32.1. The SMILES string of the molecule is CC1CCOC1C(O)Cc1csc2ccccc12. The van der Waals surface area contributed by atoms with Crippen LogP contribution in [0.3, 0.4) is 0 Å². The van der Waals surface area contributed by atoms with Crippen molar-refractivity contribution in [1.29, 1.82) is 0 Å². The molecule has 3 rings (SSSR count). The van der Waals surface area contributed by atoms with Crippen LogP contribution in [-0.4, -0.2) is 23.9 Å². The van der Waals surface area contributed by atoms with Gasteiger partial charge in [-0.2, -0.15) is 0 Å². The maximum Gasteiger partial charge on any atom is 0.0863 e. The van der Waals surface area contributed by atoms with Crippen LogP contribution in [0.2, 0.25) is 0 Å². The number of hydrogen-bond donors (Lipinski definition) is 1. The Morgan fingerprint density at radius 3 is 3.06 bits per heavy atom. The van der Waals surface area contributed by atoms with Crippen molar-refractivity contribution in [2.45, 2.75) is 32.0 Å². The smallest absolute Gasteiger partial charge is 0.0863 e. The molecule has 18 heavy (non-hydrogen) atoms. The molecule has 3 heteroatoms. The Morgan fingerprint density at radius 2 is 2.28 bits per heavy atom. The first kappa shape index (κ1) is 12.2. The zero-order chi connectivity index (χ0) is 12.5. The van der Waals surface area contributed by atoms with E-state index in [0.717, 1.165) is 13.0 Å². The Kier molecular flexibility index (Phi) is 3.37. The molecule has 3 atom stereocenters. The van der Waals surface area contributed by atoms with Crippen LogP contribution in [-0.2, 0) is 11.2 Å². The van der Waals surface area contributed by atoms with Gasteiger partial charge in [-0.05, 0) is 34.7 Å². The van der Waals surface area contributed by atoms with Crippen molar-refractivity contribution in [3.8, 4) is 0 Å². The Balaban J connectivity index is 1.79. The zero-order valence-electron chi connectivity index (χ0n) is 10.5. The summed E-state index contributed by atoms with van der Waals surface area (Å²) in [6.45, 7) is 2.94. The average Bonchev–Trinajstić information content (AvgIpc) is 2.97. The van der Waals surface area contributed by atoms with E-state index in [1.165, 1.54) is 15.6 Å². The second-order valence-corrected chi connectivity index (χ2v) is 6.04. The molecule has 3 unspecified atom stereocenters. The van der Waals surface area contributed by atoms with E-state index in [9.17, 15) is 5.11 Å². The molecule has 0 radical (unpaired) electrons. The Bertz CT molecular complexity index is 534. The lowest BCUT2D eigenvalue weighted by molar-refractivity contribution is -0.0155. The Morgan fingerprint density at radius 1 is 1.44 bits per heavy atom. The number of aliphatic hydroxyl groups excluding tert-OH is 1. The summed E-state index contributed by atoms with van der Waals surface area (Å²) in [4.78, 5) is 0. The molecule has 1 saturated heterocycles. The summed E-state index contributed by atoms with van der Waals surface area (Å²) >= 11 is 1.75. The molecule has 1 N–H and O–H groups in total. The number of ether oxygens (including phenoxy) is 1. The van der Waals surface area contributed by atoms with Crippen molar-refractivity contribution in [1.82, 2.24) is 0 Å². The molecule has 0 bridgehead atoms. The lowest BCUT2D eigenvalue weighted by atomic mass is 9.95. The molecule has 1 aromatic carbocycles. The molecular formula is C15H18O2S. The number of fused-ring (bicyclic) bond motifs is 1. The lowest BCUT2D eigenvalue weighted by Gasteiger charge is -2.21. The van der Waals surface area contributed by atoms with E-state index in [0.29, 0.717) is 12.3 Å². The van der Waals surface area contributed by atoms with E-state index in [4.69, 9.17) is 4.74 Å². The summed E-state index contributed by atoms with van der Waals surface area (Å²) in [5.41, 5.74) is 1.24. The fraction of sp³-hybridized carbons (Fsp3) is 0.467. The quantitative estimate of drug-likeness (QED) is 0.920. The maximum atomic E-state index is 10.3. The molecule has 1 aliphatic rings. The van der Waals surface area contributed by atoms with E-state index in [2.05, 4.69) is 36.6 Å². The zero-order valence-corrected chi connectivity index (χ0v) is 11.3. The predicted molar refractivity (Wildman–Crippen MR) is 75.1 cm³/mol. The Hall–Kier alpha value is -0.900. The molecule has 2 nitrogen and oxygen atoms in total. The number of benzene rings is 1. The summed E-state index contributed by atoms with van der Waals surface area (Å²) in [6, 6.07) is 8.37. The molecular weight excluding hydrogens is 244 g/mol. The van der Waals surface area contributed by atoms with Crippen LogP contribution in [0.1, 0.15) is 18.9 Å². The van der Waals surface area contributed by atoms with Gasteiger partial charge in [-0.15, -0.1) is 11.3 Å². The second kappa shape index (κ2) is 5.00. The lowest BCUT2D eigenvalue weighted by Crippen LogP contribution is -2.31. The first-order valence-electron chi connectivity index (χ1n) is 6.50. The van der Waals surface area contributed by atoms with Crippen LogP contribution in [0, 0.1) is 5.92 Å². The minimum Gasteiger partial charge on any atom is -0.390 e. The average molecular weight is 262 g/mol. The van der Waals surface area contributed by atoms with E-state index < -0.39 is 0 Å². The highest BCUT2D eigenvalue weighted by Gasteiger charge is 2.31. The van der Waals surface area contributed by atoms with Gasteiger partial charge in [-0.25, -0.2) is 0 Å². The van der Waals surface area contributed by atoms with Crippen LogP contribution in [0.4, 0.5) is 0 Å². The van der Waals surface area contributed by atoms with Gasteiger partial charge >= 0.3 is 0 Å². The van der Waals surface area contributed by atoms with Gasteiger partial charge in [0.25, 0.3) is 0 Å². The molecule has 1 aromatic heterocycles. The van der Waals surface area contributed by atoms with Gasteiger partial charge in [0.05, 0.1) is 12.2 Å². The van der Waals surface area contributed by atoms with Crippen molar-refractivity contribution >= 4 is 21.4 Å². The number of rotatable bonds is 3. The van der Waals surface area contributed by atoms with Crippen LogP contribution >= 0.6 is 11.3 Å². The number of aliphatic hydroxyl groups is 1. The number of hydrogen-bond acceptors (Lipinski definition) is 3. The van der Waals surface area contributed by atoms with E-state index >= 15 is 0 Å². The first-order valence-corrected chi connectivity index (χ1v) is 7.38. The molecule has 0 aliphatic carbocycles. The van der Waals surface area contributed by atoms with Crippen molar-refractivity contribution < 1.29 is 9.84 Å². The fourth-order valence-electron chi connectivity index (χ4n) is 2.74. The standard InChI is InChI=1S/C15H18O2S/c1-10-6-7-17-15(10)13(16)8-11-9-18-14-5-3-2-4-12(11)14/h2-5,9-10,13,15-16H,6-8H2,1H3. The van der Waals surface area contributed by atoms with Crippen molar-refractivity contribution in [3.63, 3.8) is 0 Å². The normalized spacial score (nSPS) is 25.7. The highest BCUT2D eigenvalue weighted by molar-refractivity contribution is 7.17. The molecule has 0 saturated carbocycles. The van der Waals surface area contributed by atoms with Gasteiger partial charge in [0.1, 0.15) is 0 Å². The molecule has 0 amide bonds. The van der Waals surface area contributed by atoms with Crippen LogP contribution < -0.4 is 0 Å². The molecule has 1 fully saturated rings. The third-order valence-electron chi connectivity index (χ3n) is 3.81. The number of thiophene rings is 1. The topological polar surface area (TPSA) is 29.5 Å². The highest BCUT2D eigenvalue weighted by Crippen LogP contribution is 2.29.